The van der Waals surface area contributed by atoms with Gasteiger partial charge in [0, 0.05) is 59.6 Å². The average molecular weight is 665 g/mol. The molecule has 240 valence electrons. The van der Waals surface area contributed by atoms with E-state index in [0.717, 1.165) is 23.1 Å². The van der Waals surface area contributed by atoms with Crippen molar-refractivity contribution in [3.05, 3.63) is 82.0 Å². The Morgan fingerprint density at radius 2 is 1.83 bits per heavy atom. The minimum Gasteiger partial charge on any atom is -0.496 e. The molecular formula is C34H35Cl2N5O5. The highest BCUT2D eigenvalue weighted by Gasteiger charge is 2.21. The quantitative estimate of drug-likeness (QED) is 0.145. The number of aryl methyl sites for hydroxylation is 1. The molecule has 1 fully saturated rings. The summed E-state index contributed by atoms with van der Waals surface area (Å²) in [6, 6.07) is 16.1. The number of benzene rings is 2. The van der Waals surface area contributed by atoms with E-state index in [1.807, 2.05) is 54.6 Å². The van der Waals surface area contributed by atoms with Crippen molar-refractivity contribution >= 4 is 35.1 Å². The van der Waals surface area contributed by atoms with Crippen LogP contribution < -0.4 is 25.8 Å². The molecule has 2 atom stereocenters. The summed E-state index contributed by atoms with van der Waals surface area (Å²) >= 11 is 14.0. The van der Waals surface area contributed by atoms with Crippen molar-refractivity contribution in [2.75, 3.05) is 20.8 Å². The van der Waals surface area contributed by atoms with Gasteiger partial charge in [-0.15, -0.1) is 0 Å². The second kappa shape index (κ2) is 14.9. The molecule has 5 rings (SSSR count). The molecular weight excluding hydrogens is 629 g/mol. The number of carboxylic acid groups (broad SMARTS) is 1. The Labute approximate surface area is 277 Å². The molecule has 2 aromatic heterocycles. The maximum absolute atomic E-state index is 11.5. The van der Waals surface area contributed by atoms with Crippen molar-refractivity contribution in [1.29, 1.82) is 0 Å². The number of methoxy groups -OCH3 is 2. The molecule has 10 nitrogen and oxygen atoms in total. The van der Waals surface area contributed by atoms with Crippen LogP contribution in [0.1, 0.15) is 30.4 Å². The highest BCUT2D eigenvalue weighted by atomic mass is 35.5. The minimum absolute atomic E-state index is 0.0883. The topological polar surface area (TPSA) is 149 Å². The number of nitrogens with one attached hydrogen (secondary N) is 2. The Bertz CT molecular complexity index is 1750. The molecule has 3 heterocycles. The van der Waals surface area contributed by atoms with E-state index in [2.05, 4.69) is 15.6 Å². The molecule has 0 bridgehead atoms. The van der Waals surface area contributed by atoms with Gasteiger partial charge in [0.05, 0.1) is 35.7 Å². The molecule has 1 aliphatic rings. The Morgan fingerprint density at radius 3 is 2.54 bits per heavy atom. The second-order valence-corrected chi connectivity index (χ2v) is 11.8. The number of rotatable bonds is 13. The van der Waals surface area contributed by atoms with E-state index in [1.165, 1.54) is 0 Å². The number of aliphatic carboxylic acids is 1. The maximum atomic E-state index is 11.5. The molecule has 1 aliphatic heterocycles. The first-order valence-corrected chi connectivity index (χ1v) is 15.6. The van der Waals surface area contributed by atoms with Gasteiger partial charge in [-0.05, 0) is 43.0 Å². The summed E-state index contributed by atoms with van der Waals surface area (Å²) in [6.45, 7) is 1.20. The van der Waals surface area contributed by atoms with E-state index in [1.54, 1.807) is 20.4 Å². The zero-order valence-corrected chi connectivity index (χ0v) is 27.0. The summed E-state index contributed by atoms with van der Waals surface area (Å²) in [5.74, 6) is 0.111. The van der Waals surface area contributed by atoms with Gasteiger partial charge < -0.3 is 30.9 Å². The summed E-state index contributed by atoms with van der Waals surface area (Å²) in [7, 11) is 3.13. The van der Waals surface area contributed by atoms with Crippen LogP contribution >= 0.6 is 23.2 Å². The van der Waals surface area contributed by atoms with E-state index >= 15 is 0 Å². The summed E-state index contributed by atoms with van der Waals surface area (Å²) in [6.07, 6.45) is 3.77. The summed E-state index contributed by atoms with van der Waals surface area (Å²) in [4.78, 5) is 31.9. The summed E-state index contributed by atoms with van der Waals surface area (Å²) in [5, 5.41) is 16.3. The number of amides is 1. The van der Waals surface area contributed by atoms with Gasteiger partial charge in [0.2, 0.25) is 11.8 Å². The highest BCUT2D eigenvalue weighted by molar-refractivity contribution is 6.39. The number of hydrogen-bond donors (Lipinski definition) is 4. The SMILES string of the molecule is COc1cc(-c2nccc(-c3cccc(-c4ccc(CNCC5CCC(=O)N5)c(OC)n4)c3Cl)c2Cl)ccc1CC[C@H](N)C(=O)O. The molecule has 5 N–H and O–H groups in total. The fourth-order valence-corrected chi connectivity index (χ4v) is 6.11. The number of carbonyl (C=O) groups excluding carboxylic acids is 1. The van der Waals surface area contributed by atoms with Crippen LogP contribution in [0.15, 0.2) is 60.8 Å². The van der Waals surface area contributed by atoms with Crippen molar-refractivity contribution in [3.63, 3.8) is 0 Å². The number of ether oxygens (including phenoxy) is 2. The number of nitrogens with zero attached hydrogens (tertiary/aromatic N) is 2. The molecule has 12 heteroatoms. The zero-order valence-electron chi connectivity index (χ0n) is 25.5. The normalized spacial score (nSPS) is 15.0. The molecule has 0 aliphatic carbocycles. The predicted molar refractivity (Wildman–Crippen MR) is 178 cm³/mol. The molecule has 1 saturated heterocycles. The second-order valence-electron chi connectivity index (χ2n) is 11.0. The first kappa shape index (κ1) is 33.2. The first-order chi connectivity index (χ1) is 22.2. The smallest absolute Gasteiger partial charge is 0.320 e. The fourth-order valence-electron chi connectivity index (χ4n) is 5.47. The number of carboxylic acids is 1. The van der Waals surface area contributed by atoms with Gasteiger partial charge in [-0.25, -0.2) is 4.98 Å². The lowest BCUT2D eigenvalue weighted by atomic mass is 9.98. The van der Waals surface area contributed by atoms with E-state index in [-0.39, 0.29) is 18.4 Å². The molecule has 0 saturated carbocycles. The standard InChI is InChI=1S/C34H35Cl2N5O5/c1-45-28-16-20(7-6-19(28)8-11-26(37)34(43)44)32-31(36)24(14-15-39-32)23-4-3-5-25(30(23)35)27-12-9-21(33(41-27)46-2)17-38-18-22-10-13-29(42)40-22/h3-7,9,12,14-16,22,26,38H,8,10-11,13,17-18,37H2,1-2H3,(H,40,42)(H,43,44)/t22?,26-/m0/s1. The van der Waals surface area contributed by atoms with Gasteiger partial charge in [-0.1, -0.05) is 59.6 Å². The van der Waals surface area contributed by atoms with Gasteiger partial charge in [0.25, 0.3) is 0 Å². The van der Waals surface area contributed by atoms with Gasteiger partial charge in [-0.3, -0.25) is 14.6 Å². The third kappa shape index (κ3) is 7.42. The van der Waals surface area contributed by atoms with Crippen LogP contribution in [-0.2, 0) is 22.6 Å². The van der Waals surface area contributed by atoms with Crippen LogP contribution in [0.4, 0.5) is 0 Å². The molecule has 4 aromatic rings. The van der Waals surface area contributed by atoms with Crippen molar-refractivity contribution in [2.45, 2.75) is 44.3 Å². The van der Waals surface area contributed by atoms with E-state index in [9.17, 15) is 9.59 Å². The minimum atomic E-state index is -1.04. The molecule has 2 aromatic carbocycles. The molecule has 0 spiro atoms. The first-order valence-electron chi connectivity index (χ1n) is 14.8. The Kier molecular flexibility index (Phi) is 10.7. The van der Waals surface area contributed by atoms with E-state index in [0.29, 0.717) is 75.7 Å². The van der Waals surface area contributed by atoms with E-state index < -0.39 is 12.0 Å². The lowest BCUT2D eigenvalue weighted by molar-refractivity contribution is -0.138. The number of halogens is 2. The van der Waals surface area contributed by atoms with Crippen molar-refractivity contribution in [3.8, 4) is 45.3 Å². The van der Waals surface area contributed by atoms with Crippen LogP contribution in [0.2, 0.25) is 10.0 Å². The monoisotopic (exact) mass is 663 g/mol. The average Bonchev–Trinajstić information content (AvgIpc) is 3.48. The number of carbonyl (C=O) groups is 2. The largest absolute Gasteiger partial charge is 0.496 e. The number of hydrogen-bond acceptors (Lipinski definition) is 8. The van der Waals surface area contributed by atoms with Gasteiger partial charge in [0.1, 0.15) is 11.8 Å². The van der Waals surface area contributed by atoms with Crippen molar-refractivity contribution in [1.82, 2.24) is 20.6 Å². The van der Waals surface area contributed by atoms with Gasteiger partial charge in [-0.2, -0.15) is 0 Å². The third-order valence-corrected chi connectivity index (χ3v) is 8.77. The fraction of sp³-hybridized carbons (Fsp3) is 0.294. The lowest BCUT2D eigenvalue weighted by Gasteiger charge is -2.16. The highest BCUT2D eigenvalue weighted by Crippen LogP contribution is 2.42. The Hall–Kier alpha value is -4.22. The molecule has 1 unspecified atom stereocenters. The van der Waals surface area contributed by atoms with Crippen molar-refractivity contribution in [2.24, 2.45) is 5.73 Å². The predicted octanol–water partition coefficient (Wildman–Crippen LogP) is 5.51. The number of nitrogens with two attached hydrogens (primary N) is 1. The molecule has 1 amide bonds. The maximum Gasteiger partial charge on any atom is 0.320 e. The Morgan fingerprint density at radius 1 is 1.07 bits per heavy atom. The van der Waals surface area contributed by atoms with Crippen LogP contribution in [0.3, 0.4) is 0 Å². The van der Waals surface area contributed by atoms with Crippen LogP contribution in [0.25, 0.3) is 33.6 Å². The zero-order chi connectivity index (χ0) is 32.8. The van der Waals surface area contributed by atoms with Crippen LogP contribution in [-0.4, -0.2) is 59.8 Å². The van der Waals surface area contributed by atoms with Gasteiger partial charge >= 0.3 is 5.97 Å². The van der Waals surface area contributed by atoms with Crippen molar-refractivity contribution < 1.29 is 24.2 Å². The summed E-state index contributed by atoms with van der Waals surface area (Å²) < 4.78 is 11.2. The van der Waals surface area contributed by atoms with Gasteiger partial charge in [0.15, 0.2) is 0 Å². The molecule has 0 radical (unpaired) electrons. The molecule has 46 heavy (non-hydrogen) atoms. The summed E-state index contributed by atoms with van der Waals surface area (Å²) in [5.41, 5.74) is 11.4. The third-order valence-electron chi connectivity index (χ3n) is 7.98. The number of aromatic nitrogens is 2. The van der Waals surface area contributed by atoms with Crippen LogP contribution in [0.5, 0.6) is 11.6 Å². The van der Waals surface area contributed by atoms with Crippen LogP contribution in [0, 0.1) is 0 Å². The Balaban J connectivity index is 1.39. The van der Waals surface area contributed by atoms with E-state index in [4.69, 9.17) is 48.5 Å². The number of pyridine rings is 2. The lowest BCUT2D eigenvalue weighted by Crippen LogP contribution is -2.35.